The second kappa shape index (κ2) is 9.91. The third kappa shape index (κ3) is 5.70. The number of amides is 1. The Kier molecular flexibility index (Phi) is 7.26. The second-order valence-electron chi connectivity index (χ2n) is 8.72. The van der Waals surface area contributed by atoms with E-state index < -0.39 is 21.3 Å². The van der Waals surface area contributed by atoms with Gasteiger partial charge < -0.3 is 19.4 Å². The van der Waals surface area contributed by atoms with Crippen molar-refractivity contribution in [1.82, 2.24) is 4.90 Å². The Morgan fingerprint density at radius 1 is 1.00 bits per heavy atom. The van der Waals surface area contributed by atoms with Crippen LogP contribution >= 0.6 is 11.6 Å². The van der Waals surface area contributed by atoms with Gasteiger partial charge in [-0.15, -0.1) is 0 Å². The fourth-order valence-electron chi connectivity index (χ4n) is 4.30. The first-order chi connectivity index (χ1) is 16.4. The van der Waals surface area contributed by atoms with Crippen molar-refractivity contribution in [3.63, 3.8) is 0 Å². The van der Waals surface area contributed by atoms with Gasteiger partial charge in [0.25, 0.3) is 5.91 Å². The molecule has 2 aromatic carbocycles. The quantitative estimate of drug-likeness (QED) is 0.563. The SMILES string of the molecule is C=S(C)(=O)c1ccc(N2CCOCC2)c(C(=O)N2CCN(c3ccc(Cl)c(C(F)(F)F)c3)CC2)c1. The summed E-state index contributed by atoms with van der Waals surface area (Å²) in [7, 11) is -2.53. The summed E-state index contributed by atoms with van der Waals surface area (Å²) in [4.78, 5) is 19.6. The third-order valence-corrected chi connectivity index (χ3v) is 7.82. The molecular formula is C24H27ClF3N3O3S. The van der Waals surface area contributed by atoms with Gasteiger partial charge >= 0.3 is 6.18 Å². The van der Waals surface area contributed by atoms with E-state index in [9.17, 15) is 22.2 Å². The number of anilines is 2. The van der Waals surface area contributed by atoms with Crippen molar-refractivity contribution in [3.05, 3.63) is 52.5 Å². The maximum Gasteiger partial charge on any atom is 0.417 e. The lowest BCUT2D eigenvalue weighted by Gasteiger charge is -2.37. The summed E-state index contributed by atoms with van der Waals surface area (Å²) >= 11 is 5.75. The van der Waals surface area contributed by atoms with E-state index in [2.05, 4.69) is 10.8 Å². The molecule has 1 amide bonds. The molecule has 2 aliphatic rings. The molecule has 2 aliphatic heterocycles. The summed E-state index contributed by atoms with van der Waals surface area (Å²) in [5.74, 6) is 3.54. The van der Waals surface area contributed by atoms with Crippen LogP contribution in [0, 0.1) is 0 Å². The van der Waals surface area contributed by atoms with Gasteiger partial charge in [0.1, 0.15) is 0 Å². The average molecular weight is 530 g/mol. The van der Waals surface area contributed by atoms with Crippen LogP contribution in [0.4, 0.5) is 24.5 Å². The number of halogens is 4. The van der Waals surface area contributed by atoms with Crippen LogP contribution in [0.3, 0.4) is 0 Å². The second-order valence-corrected chi connectivity index (χ2v) is 11.6. The fraction of sp³-hybridized carbons (Fsp3) is 0.417. The van der Waals surface area contributed by atoms with Crippen LogP contribution in [0.25, 0.3) is 0 Å². The minimum absolute atomic E-state index is 0.205. The first-order valence-electron chi connectivity index (χ1n) is 11.1. The molecule has 2 aromatic rings. The number of ether oxygens (including phenoxy) is 1. The molecule has 0 saturated carbocycles. The maximum absolute atomic E-state index is 13.6. The van der Waals surface area contributed by atoms with E-state index in [0.29, 0.717) is 68.6 Å². The van der Waals surface area contributed by atoms with E-state index in [1.807, 2.05) is 11.0 Å². The van der Waals surface area contributed by atoms with Crippen molar-refractivity contribution < 1.29 is 26.9 Å². The molecule has 190 valence electrons. The number of nitrogens with zero attached hydrogens (tertiary/aromatic N) is 3. The number of rotatable bonds is 4. The Morgan fingerprint density at radius 2 is 1.66 bits per heavy atom. The zero-order chi connectivity index (χ0) is 25.4. The van der Waals surface area contributed by atoms with E-state index in [0.717, 1.165) is 11.8 Å². The molecule has 0 bridgehead atoms. The molecule has 0 aliphatic carbocycles. The molecule has 0 radical (unpaired) electrons. The molecule has 0 spiro atoms. The van der Waals surface area contributed by atoms with Crippen LogP contribution < -0.4 is 9.80 Å². The standard InChI is InChI=1S/C24H27ClF3N3O3S/c1-35(2,33)18-4-6-22(30-11-13-34-14-12-30)19(16-18)23(32)31-9-7-29(8-10-31)17-3-5-21(25)20(15-17)24(26,27)28/h3-6,15-16H,1,7-14H2,2H3. The first kappa shape index (κ1) is 25.7. The number of morpholine rings is 1. The molecule has 0 aromatic heterocycles. The van der Waals surface area contributed by atoms with Gasteiger partial charge in [-0.3, -0.25) is 9.00 Å². The van der Waals surface area contributed by atoms with Crippen molar-refractivity contribution in [3.8, 4) is 0 Å². The molecule has 2 saturated heterocycles. The molecule has 2 fully saturated rings. The molecule has 6 nitrogen and oxygen atoms in total. The van der Waals surface area contributed by atoms with Crippen LogP contribution in [-0.4, -0.2) is 79.6 Å². The van der Waals surface area contributed by atoms with Gasteiger partial charge in [-0.05, 0) is 51.8 Å². The van der Waals surface area contributed by atoms with Crippen molar-refractivity contribution in [2.45, 2.75) is 11.1 Å². The number of hydrogen-bond acceptors (Lipinski definition) is 5. The summed E-state index contributed by atoms with van der Waals surface area (Å²) < 4.78 is 57.8. The molecule has 0 N–H and O–H groups in total. The lowest BCUT2D eigenvalue weighted by Crippen LogP contribution is -2.49. The average Bonchev–Trinajstić information content (AvgIpc) is 2.83. The van der Waals surface area contributed by atoms with Crippen LogP contribution in [0.1, 0.15) is 15.9 Å². The normalized spacial score (nSPS) is 18.9. The minimum Gasteiger partial charge on any atom is -0.378 e. The van der Waals surface area contributed by atoms with Gasteiger partial charge in [0, 0.05) is 61.8 Å². The lowest BCUT2D eigenvalue weighted by molar-refractivity contribution is -0.137. The monoisotopic (exact) mass is 529 g/mol. The molecular weight excluding hydrogens is 503 g/mol. The van der Waals surface area contributed by atoms with Crippen LogP contribution in [0.5, 0.6) is 0 Å². The summed E-state index contributed by atoms with van der Waals surface area (Å²) in [6, 6.07) is 9.06. The Balaban J connectivity index is 1.55. The van der Waals surface area contributed by atoms with Gasteiger partial charge in [0.15, 0.2) is 0 Å². The van der Waals surface area contributed by atoms with E-state index in [1.54, 1.807) is 23.1 Å². The predicted molar refractivity (Wildman–Crippen MR) is 133 cm³/mol. The van der Waals surface area contributed by atoms with E-state index in [-0.39, 0.29) is 10.9 Å². The van der Waals surface area contributed by atoms with Gasteiger partial charge in [-0.1, -0.05) is 11.6 Å². The highest BCUT2D eigenvalue weighted by Gasteiger charge is 2.34. The highest BCUT2D eigenvalue weighted by molar-refractivity contribution is 7.99. The fourth-order valence-corrected chi connectivity index (χ4v) is 5.25. The van der Waals surface area contributed by atoms with Gasteiger partial charge in [-0.25, -0.2) is 0 Å². The Morgan fingerprint density at radius 3 is 2.26 bits per heavy atom. The van der Waals surface area contributed by atoms with Gasteiger partial charge in [-0.2, -0.15) is 13.2 Å². The molecule has 1 atom stereocenters. The molecule has 35 heavy (non-hydrogen) atoms. The highest BCUT2D eigenvalue weighted by atomic mass is 35.5. The number of piperazine rings is 1. The number of alkyl halides is 3. The molecule has 2 heterocycles. The lowest BCUT2D eigenvalue weighted by atomic mass is 10.1. The maximum atomic E-state index is 13.6. The zero-order valence-electron chi connectivity index (χ0n) is 19.3. The van der Waals surface area contributed by atoms with Crippen LogP contribution in [0.2, 0.25) is 5.02 Å². The molecule has 1 unspecified atom stereocenters. The van der Waals surface area contributed by atoms with Gasteiger partial charge in [0.05, 0.1) is 29.4 Å². The number of carbonyl (C=O) groups excluding carboxylic acids is 1. The number of carbonyl (C=O) groups is 1. The number of hydrogen-bond donors (Lipinski definition) is 0. The van der Waals surface area contributed by atoms with Gasteiger partial charge in [0.2, 0.25) is 0 Å². The van der Waals surface area contributed by atoms with Crippen molar-refractivity contribution in [1.29, 1.82) is 0 Å². The highest BCUT2D eigenvalue weighted by Crippen LogP contribution is 2.37. The smallest absolute Gasteiger partial charge is 0.378 e. The van der Waals surface area contributed by atoms with Crippen molar-refractivity contribution in [2.24, 2.45) is 0 Å². The number of benzene rings is 2. The topological polar surface area (TPSA) is 53.1 Å². The minimum atomic E-state index is -4.54. The van der Waals surface area contributed by atoms with E-state index >= 15 is 0 Å². The summed E-state index contributed by atoms with van der Waals surface area (Å²) in [5.41, 5.74) is 0.730. The Bertz CT molecular complexity index is 1210. The molecule has 11 heteroatoms. The largest absolute Gasteiger partial charge is 0.417 e. The van der Waals surface area contributed by atoms with E-state index in [4.69, 9.17) is 16.3 Å². The summed E-state index contributed by atoms with van der Waals surface area (Å²) in [6.07, 6.45) is -3.01. The first-order valence-corrected chi connectivity index (χ1v) is 13.7. The summed E-state index contributed by atoms with van der Waals surface area (Å²) in [6.45, 7) is 3.79. The molecule has 4 rings (SSSR count). The van der Waals surface area contributed by atoms with Crippen LogP contribution in [0.15, 0.2) is 41.3 Å². The van der Waals surface area contributed by atoms with E-state index in [1.165, 1.54) is 12.3 Å². The summed E-state index contributed by atoms with van der Waals surface area (Å²) in [5, 5.41) is -0.344. The van der Waals surface area contributed by atoms with Crippen molar-refractivity contribution >= 4 is 44.3 Å². The third-order valence-electron chi connectivity index (χ3n) is 6.24. The Labute approximate surface area is 208 Å². The zero-order valence-corrected chi connectivity index (χ0v) is 20.9. The Hall–Kier alpha value is -2.43. The van der Waals surface area contributed by atoms with Crippen molar-refractivity contribution in [2.75, 3.05) is 68.5 Å². The predicted octanol–water partition coefficient (Wildman–Crippen LogP) is 3.86. The van der Waals surface area contributed by atoms with Crippen LogP contribution in [-0.2, 0) is 20.4 Å².